The third-order valence-corrected chi connectivity index (χ3v) is 11.3. The molecule has 3 aliphatic rings. The van der Waals surface area contributed by atoms with Gasteiger partial charge in [0.15, 0.2) is 5.54 Å². The number of hydrogen-bond acceptors (Lipinski definition) is 8. The third kappa shape index (κ3) is 5.23. The fourth-order valence-electron chi connectivity index (χ4n) is 7.19. The van der Waals surface area contributed by atoms with Crippen molar-refractivity contribution in [1.29, 1.82) is 0 Å². The standard InChI is InChI=1S/C34H39ClN4O6S/c1-36(2)32(40)30-8-7-19-38(30)34(28-20-23(9-16-31(28)45-4)22-37-17-5-6-18-37)27-21-24(35)10-15-29(27)39(33(34)41)46(42,43)26-13-11-25(44-3)12-14-26/h9-16,20-21,30H,5-8,17-19,22H2,1-4H3/t30-,34?/m0/s1. The molecule has 3 aromatic rings. The van der Waals surface area contributed by atoms with Crippen molar-refractivity contribution in [2.45, 2.75) is 48.7 Å². The summed E-state index contributed by atoms with van der Waals surface area (Å²) < 4.78 is 41.1. The Bertz CT molecular complexity index is 1760. The number of carbonyl (C=O) groups excluding carboxylic acids is 2. The lowest BCUT2D eigenvalue weighted by Crippen LogP contribution is -2.59. The number of hydrogen-bond donors (Lipinski definition) is 0. The quantitative estimate of drug-likeness (QED) is 0.330. The molecule has 0 aromatic heterocycles. The number of fused-ring (bicyclic) bond motifs is 1. The minimum Gasteiger partial charge on any atom is -0.497 e. The molecule has 0 saturated carbocycles. The van der Waals surface area contributed by atoms with Gasteiger partial charge in [0, 0.05) is 43.3 Å². The van der Waals surface area contributed by atoms with Crippen LogP contribution in [0.3, 0.4) is 0 Å². The van der Waals surface area contributed by atoms with Gasteiger partial charge in [0.05, 0.1) is 30.8 Å². The minimum absolute atomic E-state index is 0.0737. The predicted molar refractivity (Wildman–Crippen MR) is 176 cm³/mol. The van der Waals surface area contributed by atoms with Gasteiger partial charge in [-0.1, -0.05) is 17.7 Å². The number of sulfonamides is 1. The highest BCUT2D eigenvalue weighted by atomic mass is 35.5. The SMILES string of the molecule is COc1ccc(S(=O)(=O)N2C(=O)C(c3cc(CN4CCCC4)ccc3OC)(N3CCC[C@H]3C(=O)N(C)C)c3cc(Cl)ccc32)cc1. The van der Waals surface area contributed by atoms with Crippen LogP contribution < -0.4 is 13.8 Å². The number of anilines is 1. The summed E-state index contributed by atoms with van der Waals surface area (Å²) in [6, 6.07) is 15.8. The zero-order chi connectivity index (χ0) is 32.8. The Labute approximate surface area is 275 Å². The van der Waals surface area contributed by atoms with E-state index in [1.54, 1.807) is 44.4 Å². The number of methoxy groups -OCH3 is 2. The van der Waals surface area contributed by atoms with E-state index < -0.39 is 27.5 Å². The zero-order valence-electron chi connectivity index (χ0n) is 26.5. The molecule has 2 fully saturated rings. The van der Waals surface area contributed by atoms with E-state index >= 15 is 4.79 Å². The Morgan fingerprint density at radius 3 is 2.30 bits per heavy atom. The number of likely N-dealkylation sites (tertiary alicyclic amines) is 2. The van der Waals surface area contributed by atoms with E-state index in [2.05, 4.69) is 4.90 Å². The number of benzene rings is 3. The molecule has 0 radical (unpaired) electrons. The van der Waals surface area contributed by atoms with Gasteiger partial charge in [-0.15, -0.1) is 0 Å². The molecule has 0 N–H and O–H groups in total. The van der Waals surface area contributed by atoms with Crippen molar-refractivity contribution >= 4 is 39.1 Å². The summed E-state index contributed by atoms with van der Waals surface area (Å²) in [5, 5.41) is 0.335. The van der Waals surface area contributed by atoms with Crippen LogP contribution in [-0.2, 0) is 31.7 Å². The molecule has 2 saturated heterocycles. The first-order valence-corrected chi connectivity index (χ1v) is 17.3. The summed E-state index contributed by atoms with van der Waals surface area (Å²) in [5.74, 6) is 0.0125. The summed E-state index contributed by atoms with van der Waals surface area (Å²) >= 11 is 6.65. The average molecular weight is 667 g/mol. The molecule has 6 rings (SSSR count). The highest BCUT2D eigenvalue weighted by molar-refractivity contribution is 7.93. The van der Waals surface area contributed by atoms with Crippen molar-refractivity contribution in [2.24, 2.45) is 0 Å². The number of halogens is 1. The zero-order valence-corrected chi connectivity index (χ0v) is 28.1. The van der Waals surface area contributed by atoms with Crippen LogP contribution in [0.1, 0.15) is 42.4 Å². The van der Waals surface area contributed by atoms with Gasteiger partial charge >= 0.3 is 0 Å². The maximum Gasteiger partial charge on any atom is 0.271 e. The average Bonchev–Trinajstić information content (AvgIpc) is 3.80. The third-order valence-electron chi connectivity index (χ3n) is 9.33. The van der Waals surface area contributed by atoms with E-state index in [0.29, 0.717) is 53.6 Å². The van der Waals surface area contributed by atoms with Crippen molar-refractivity contribution in [3.63, 3.8) is 0 Å². The number of ether oxygens (including phenoxy) is 2. The first-order valence-electron chi connectivity index (χ1n) is 15.5. The lowest BCUT2D eigenvalue weighted by Gasteiger charge is -2.42. The largest absolute Gasteiger partial charge is 0.497 e. The molecule has 3 aromatic carbocycles. The highest BCUT2D eigenvalue weighted by Crippen LogP contribution is 2.55. The van der Waals surface area contributed by atoms with E-state index in [-0.39, 0.29) is 16.5 Å². The Morgan fingerprint density at radius 2 is 1.65 bits per heavy atom. The molecular formula is C34H39ClN4O6S. The maximum absolute atomic E-state index is 15.4. The first kappa shape index (κ1) is 32.3. The molecule has 10 nitrogen and oxygen atoms in total. The van der Waals surface area contributed by atoms with Gasteiger partial charge in [-0.3, -0.25) is 19.4 Å². The van der Waals surface area contributed by atoms with Crippen LogP contribution >= 0.6 is 11.6 Å². The molecular weight excluding hydrogens is 628 g/mol. The van der Waals surface area contributed by atoms with Crippen LogP contribution in [-0.4, -0.2) is 88.9 Å². The molecule has 1 unspecified atom stereocenters. The van der Waals surface area contributed by atoms with Crippen molar-refractivity contribution in [3.05, 3.63) is 82.4 Å². The van der Waals surface area contributed by atoms with Gasteiger partial charge in [0.25, 0.3) is 15.9 Å². The van der Waals surface area contributed by atoms with Crippen molar-refractivity contribution in [1.82, 2.24) is 14.7 Å². The molecule has 0 spiro atoms. The highest BCUT2D eigenvalue weighted by Gasteiger charge is 2.63. The van der Waals surface area contributed by atoms with Gasteiger partial charge in [-0.05, 0) is 98.9 Å². The fourth-order valence-corrected chi connectivity index (χ4v) is 8.82. The van der Waals surface area contributed by atoms with Gasteiger partial charge < -0.3 is 14.4 Å². The Morgan fingerprint density at radius 1 is 0.935 bits per heavy atom. The normalized spacial score (nSPS) is 21.9. The van der Waals surface area contributed by atoms with Crippen LogP contribution in [0.15, 0.2) is 65.6 Å². The van der Waals surface area contributed by atoms with Gasteiger partial charge in [-0.25, -0.2) is 12.7 Å². The molecule has 46 heavy (non-hydrogen) atoms. The van der Waals surface area contributed by atoms with Crippen LogP contribution in [0.5, 0.6) is 11.5 Å². The second kappa shape index (κ2) is 12.5. The molecule has 0 bridgehead atoms. The van der Waals surface area contributed by atoms with E-state index in [0.717, 1.165) is 35.8 Å². The summed E-state index contributed by atoms with van der Waals surface area (Å²) in [7, 11) is 1.96. The van der Waals surface area contributed by atoms with Crippen LogP contribution in [0.25, 0.3) is 0 Å². The molecule has 12 heteroatoms. The summed E-state index contributed by atoms with van der Waals surface area (Å²) in [6.07, 6.45) is 3.38. The fraction of sp³-hybridized carbons (Fsp3) is 0.412. The van der Waals surface area contributed by atoms with E-state index in [1.807, 2.05) is 23.1 Å². The Kier molecular flexibility index (Phi) is 8.79. The predicted octanol–water partition coefficient (Wildman–Crippen LogP) is 4.48. The molecule has 2 amide bonds. The van der Waals surface area contributed by atoms with E-state index in [4.69, 9.17) is 21.1 Å². The smallest absolute Gasteiger partial charge is 0.271 e. The second-order valence-electron chi connectivity index (χ2n) is 12.2. The van der Waals surface area contributed by atoms with Crippen LogP contribution in [0.2, 0.25) is 5.02 Å². The number of carbonyl (C=O) groups is 2. The van der Waals surface area contributed by atoms with Gasteiger partial charge in [0.1, 0.15) is 11.5 Å². The lowest BCUT2D eigenvalue weighted by atomic mass is 9.80. The van der Waals surface area contributed by atoms with Gasteiger partial charge in [-0.2, -0.15) is 0 Å². The van der Waals surface area contributed by atoms with Gasteiger partial charge in [0.2, 0.25) is 5.91 Å². The van der Waals surface area contributed by atoms with Crippen molar-refractivity contribution in [3.8, 4) is 11.5 Å². The summed E-state index contributed by atoms with van der Waals surface area (Å²) in [6.45, 7) is 2.99. The molecule has 3 heterocycles. The van der Waals surface area contributed by atoms with E-state index in [1.165, 1.54) is 31.3 Å². The first-order chi connectivity index (χ1) is 22.0. The summed E-state index contributed by atoms with van der Waals surface area (Å²) in [5.41, 5.74) is 0.266. The number of rotatable bonds is 9. The number of amides is 2. The van der Waals surface area contributed by atoms with E-state index in [9.17, 15) is 13.2 Å². The second-order valence-corrected chi connectivity index (χ2v) is 14.4. The summed E-state index contributed by atoms with van der Waals surface area (Å²) in [4.78, 5) is 34.8. The maximum atomic E-state index is 15.4. The van der Waals surface area contributed by atoms with Crippen LogP contribution in [0.4, 0.5) is 5.69 Å². The van der Waals surface area contributed by atoms with Crippen LogP contribution in [0, 0.1) is 0 Å². The molecule has 0 aliphatic carbocycles. The van der Waals surface area contributed by atoms with Crippen molar-refractivity contribution in [2.75, 3.05) is 52.3 Å². The Hall–Kier alpha value is -3.64. The minimum atomic E-state index is -4.44. The number of likely N-dealkylation sites (N-methyl/N-ethyl adjacent to an activating group) is 1. The Balaban J connectivity index is 1.63. The lowest BCUT2D eigenvalue weighted by molar-refractivity contribution is -0.138. The number of nitrogens with zero attached hydrogens (tertiary/aromatic N) is 4. The molecule has 2 atom stereocenters. The van der Waals surface area contributed by atoms with Crippen molar-refractivity contribution < 1.29 is 27.5 Å². The monoisotopic (exact) mass is 666 g/mol. The molecule has 3 aliphatic heterocycles. The molecule has 244 valence electrons. The topological polar surface area (TPSA) is 99.7 Å².